The van der Waals surface area contributed by atoms with E-state index in [2.05, 4.69) is 10.3 Å². The summed E-state index contributed by atoms with van der Waals surface area (Å²) in [6, 6.07) is 7.27. The Morgan fingerprint density at radius 2 is 2.23 bits per heavy atom. The van der Waals surface area contributed by atoms with Gasteiger partial charge in [0, 0.05) is 31.1 Å². The maximum Gasteiger partial charge on any atom is 0.224 e. The molecule has 6 heteroatoms. The molecule has 1 amide bonds. The Labute approximate surface area is 134 Å². The van der Waals surface area contributed by atoms with Crippen LogP contribution in [0, 0.1) is 0 Å². The summed E-state index contributed by atoms with van der Waals surface area (Å²) >= 11 is 5.85. The second-order valence-corrected chi connectivity index (χ2v) is 5.89. The van der Waals surface area contributed by atoms with Crippen molar-refractivity contribution < 1.29 is 9.53 Å². The highest BCUT2D eigenvalue weighted by Gasteiger charge is 2.33. The maximum absolute atomic E-state index is 12.2. The third-order valence-corrected chi connectivity index (χ3v) is 4.08. The van der Waals surface area contributed by atoms with Crippen LogP contribution in [0.25, 0.3) is 0 Å². The smallest absolute Gasteiger partial charge is 0.224 e. The van der Waals surface area contributed by atoms with Crippen molar-refractivity contribution in [1.29, 1.82) is 0 Å². The molecule has 0 saturated carbocycles. The Kier molecular flexibility index (Phi) is 4.45. The van der Waals surface area contributed by atoms with Gasteiger partial charge < -0.3 is 14.6 Å². The number of hydrogen-bond acceptors (Lipinski definition) is 3. The van der Waals surface area contributed by atoms with E-state index in [1.807, 2.05) is 29.9 Å². The number of ether oxygens (including phenoxy) is 1. The number of aromatic nitrogens is 2. The number of nitrogens with one attached hydrogen (secondary N) is 1. The number of carbonyl (C=O) groups excluding carboxylic acids is 1. The van der Waals surface area contributed by atoms with Gasteiger partial charge in [-0.05, 0) is 24.1 Å². The Balaban J connectivity index is 1.63. The van der Waals surface area contributed by atoms with Gasteiger partial charge in [-0.2, -0.15) is 0 Å². The highest BCUT2D eigenvalue weighted by molar-refractivity contribution is 6.30. The number of nitrogens with zero attached hydrogens (tertiary/aromatic N) is 2. The number of benzene rings is 1. The van der Waals surface area contributed by atoms with E-state index in [0.717, 1.165) is 17.8 Å². The van der Waals surface area contributed by atoms with Gasteiger partial charge in [-0.25, -0.2) is 4.98 Å². The summed E-state index contributed by atoms with van der Waals surface area (Å²) in [6.45, 7) is 0.628. The summed E-state index contributed by atoms with van der Waals surface area (Å²) in [4.78, 5) is 16.5. The first-order chi connectivity index (χ1) is 10.6. The fraction of sp³-hybridized carbons (Fsp3) is 0.375. The van der Waals surface area contributed by atoms with Gasteiger partial charge in [-0.3, -0.25) is 4.79 Å². The van der Waals surface area contributed by atoms with Crippen LogP contribution in [0.5, 0.6) is 0 Å². The molecule has 1 aliphatic rings. The third-order valence-electron chi connectivity index (χ3n) is 3.83. The van der Waals surface area contributed by atoms with Crippen molar-refractivity contribution in [2.24, 2.45) is 7.05 Å². The van der Waals surface area contributed by atoms with E-state index in [4.69, 9.17) is 16.3 Å². The lowest BCUT2D eigenvalue weighted by Gasteiger charge is -2.19. The van der Waals surface area contributed by atoms with E-state index in [1.165, 1.54) is 0 Å². The first-order valence-corrected chi connectivity index (χ1v) is 7.64. The van der Waals surface area contributed by atoms with Crippen LogP contribution >= 0.6 is 11.6 Å². The van der Waals surface area contributed by atoms with Crippen LogP contribution in [0.1, 0.15) is 23.9 Å². The van der Waals surface area contributed by atoms with E-state index >= 15 is 0 Å². The zero-order valence-electron chi connectivity index (χ0n) is 12.3. The van der Waals surface area contributed by atoms with Crippen molar-refractivity contribution in [1.82, 2.24) is 14.9 Å². The first-order valence-electron chi connectivity index (χ1n) is 7.26. The molecule has 3 rings (SSSR count). The summed E-state index contributed by atoms with van der Waals surface area (Å²) in [6.07, 6.45) is 4.56. The fourth-order valence-electron chi connectivity index (χ4n) is 2.69. The van der Waals surface area contributed by atoms with Crippen LogP contribution in [-0.4, -0.2) is 28.1 Å². The SMILES string of the molecule is Cn1ccnc1[C@H]1OCC[C@@H]1NC(=O)Cc1ccc(Cl)cc1. The molecule has 116 valence electrons. The number of amides is 1. The van der Waals surface area contributed by atoms with E-state index in [0.29, 0.717) is 18.1 Å². The number of imidazole rings is 1. The molecule has 0 unspecified atom stereocenters. The molecule has 1 aliphatic heterocycles. The lowest BCUT2D eigenvalue weighted by Crippen LogP contribution is -2.38. The molecule has 1 fully saturated rings. The summed E-state index contributed by atoms with van der Waals surface area (Å²) in [5.74, 6) is 0.825. The Morgan fingerprint density at radius 1 is 1.45 bits per heavy atom. The number of hydrogen-bond donors (Lipinski definition) is 1. The van der Waals surface area contributed by atoms with E-state index in [9.17, 15) is 4.79 Å². The monoisotopic (exact) mass is 319 g/mol. The molecule has 0 aliphatic carbocycles. The second kappa shape index (κ2) is 6.50. The Hall–Kier alpha value is -1.85. The van der Waals surface area contributed by atoms with Gasteiger partial charge in [0.05, 0.1) is 12.5 Å². The first kappa shape index (κ1) is 15.1. The number of carbonyl (C=O) groups is 1. The predicted octanol–water partition coefficient (Wildman–Crippen LogP) is 2.26. The average molecular weight is 320 g/mol. The molecule has 0 bridgehead atoms. The predicted molar refractivity (Wildman–Crippen MR) is 83.6 cm³/mol. The summed E-state index contributed by atoms with van der Waals surface area (Å²) in [5.41, 5.74) is 0.939. The Morgan fingerprint density at radius 3 is 2.91 bits per heavy atom. The molecule has 1 N–H and O–H groups in total. The molecule has 1 aromatic heterocycles. The van der Waals surface area contributed by atoms with Crippen molar-refractivity contribution in [2.45, 2.75) is 25.0 Å². The minimum Gasteiger partial charge on any atom is -0.368 e. The molecule has 2 atom stereocenters. The highest BCUT2D eigenvalue weighted by atomic mass is 35.5. The van der Waals surface area contributed by atoms with Gasteiger partial charge in [0.2, 0.25) is 5.91 Å². The van der Waals surface area contributed by atoms with Crippen molar-refractivity contribution in [2.75, 3.05) is 6.61 Å². The van der Waals surface area contributed by atoms with Crippen LogP contribution in [0.15, 0.2) is 36.7 Å². The van der Waals surface area contributed by atoms with Crippen LogP contribution in [0.4, 0.5) is 0 Å². The van der Waals surface area contributed by atoms with Gasteiger partial charge in [-0.1, -0.05) is 23.7 Å². The molecular weight excluding hydrogens is 302 g/mol. The molecular formula is C16H18ClN3O2. The molecule has 2 aromatic rings. The molecule has 1 aromatic carbocycles. The lowest BCUT2D eigenvalue weighted by molar-refractivity contribution is -0.121. The van der Waals surface area contributed by atoms with E-state index in [1.54, 1.807) is 18.3 Å². The summed E-state index contributed by atoms with van der Waals surface area (Å²) < 4.78 is 7.67. The second-order valence-electron chi connectivity index (χ2n) is 5.45. The topological polar surface area (TPSA) is 56.1 Å². The van der Waals surface area contributed by atoms with E-state index in [-0.39, 0.29) is 18.1 Å². The van der Waals surface area contributed by atoms with Crippen molar-refractivity contribution in [3.05, 3.63) is 53.1 Å². The standard InChI is InChI=1S/C16H18ClN3O2/c1-20-8-7-18-16(20)15-13(6-9-22-15)19-14(21)10-11-2-4-12(17)5-3-11/h2-5,7-8,13,15H,6,9-10H2,1H3,(H,19,21)/t13-,15-/m0/s1. The zero-order chi connectivity index (χ0) is 15.5. The third kappa shape index (κ3) is 3.31. The maximum atomic E-state index is 12.2. The van der Waals surface area contributed by atoms with Crippen LogP contribution in [0.2, 0.25) is 5.02 Å². The average Bonchev–Trinajstić information content (AvgIpc) is 3.10. The van der Waals surface area contributed by atoms with E-state index < -0.39 is 0 Å². The van der Waals surface area contributed by atoms with Crippen molar-refractivity contribution in [3.63, 3.8) is 0 Å². The Bertz CT molecular complexity index is 654. The molecule has 2 heterocycles. The van der Waals surface area contributed by atoms with Gasteiger partial charge in [0.1, 0.15) is 11.9 Å². The number of aryl methyl sites for hydroxylation is 1. The van der Waals surface area contributed by atoms with Crippen LogP contribution in [0.3, 0.4) is 0 Å². The van der Waals surface area contributed by atoms with Gasteiger partial charge in [-0.15, -0.1) is 0 Å². The molecule has 0 radical (unpaired) electrons. The number of rotatable bonds is 4. The quantitative estimate of drug-likeness (QED) is 0.940. The van der Waals surface area contributed by atoms with Crippen molar-refractivity contribution >= 4 is 17.5 Å². The molecule has 22 heavy (non-hydrogen) atoms. The largest absolute Gasteiger partial charge is 0.368 e. The number of halogens is 1. The minimum atomic E-state index is -0.186. The molecule has 1 saturated heterocycles. The summed E-state index contributed by atoms with van der Waals surface area (Å²) in [5, 5.41) is 3.73. The van der Waals surface area contributed by atoms with Crippen molar-refractivity contribution in [3.8, 4) is 0 Å². The van der Waals surface area contributed by atoms with Crippen LogP contribution < -0.4 is 5.32 Å². The minimum absolute atomic E-state index is 0.0166. The van der Waals surface area contributed by atoms with Crippen LogP contribution in [-0.2, 0) is 23.0 Å². The summed E-state index contributed by atoms with van der Waals surface area (Å²) in [7, 11) is 1.93. The zero-order valence-corrected chi connectivity index (χ0v) is 13.1. The fourth-order valence-corrected chi connectivity index (χ4v) is 2.81. The lowest BCUT2D eigenvalue weighted by atomic mass is 10.1. The van der Waals surface area contributed by atoms with Gasteiger partial charge in [0.25, 0.3) is 0 Å². The normalized spacial score (nSPS) is 21.0. The molecule has 0 spiro atoms. The van der Waals surface area contributed by atoms with Gasteiger partial charge >= 0.3 is 0 Å². The molecule has 5 nitrogen and oxygen atoms in total. The highest BCUT2D eigenvalue weighted by Crippen LogP contribution is 2.27. The van der Waals surface area contributed by atoms with Gasteiger partial charge in [0.15, 0.2) is 0 Å².